The normalized spacial score (nSPS) is 8.67. The Bertz CT molecular complexity index is 175. The number of nitrogens with zero attached hydrogens (tertiary/aromatic N) is 2. The quantitative estimate of drug-likeness (QED) is 0.690. The zero-order valence-electron chi connectivity index (χ0n) is 5.38. The molecule has 0 unspecified atom stereocenters. The average Bonchev–Trinajstić information content (AvgIpc) is 1.85. The second-order valence-corrected chi connectivity index (χ2v) is 1.75. The first kappa shape index (κ1) is 8.70. The van der Waals surface area contributed by atoms with Gasteiger partial charge in [0.1, 0.15) is 0 Å². The van der Waals surface area contributed by atoms with Gasteiger partial charge in [0, 0.05) is 7.05 Å². The van der Waals surface area contributed by atoms with Crippen LogP contribution in [0.15, 0.2) is 0 Å². The maximum atomic E-state index is 5.38. The smallest absolute Gasteiger partial charge is 0.459 e. The molecule has 0 atom stereocenters. The van der Waals surface area contributed by atoms with Crippen LogP contribution in [0.3, 0.4) is 0 Å². The van der Waals surface area contributed by atoms with E-state index in [-0.39, 0.29) is 21.1 Å². The summed E-state index contributed by atoms with van der Waals surface area (Å²) in [6.07, 6.45) is 2.89. The molecule has 1 heterocycles. The molecule has 0 amide bonds. The van der Waals surface area contributed by atoms with Crippen molar-refractivity contribution in [2.45, 2.75) is 6.92 Å². The molecule has 0 spiro atoms. The van der Waals surface area contributed by atoms with Gasteiger partial charge in [-0.05, 0) is 5.82 Å². The molecule has 2 N–H and O–H groups in total. The van der Waals surface area contributed by atoms with E-state index in [1.54, 1.807) is 11.7 Å². The van der Waals surface area contributed by atoms with Crippen LogP contribution in [-0.2, 0) is 28.1 Å². The monoisotopic (exact) mass is 294 g/mol. The minimum Gasteiger partial charge on any atom is -0.459 e. The third kappa shape index (κ3) is 1.83. The van der Waals surface area contributed by atoms with E-state index < -0.39 is 0 Å². The van der Waals surface area contributed by atoms with Crippen LogP contribution >= 0.6 is 0 Å². The van der Waals surface area contributed by atoms with Gasteiger partial charge in [0.05, 0.1) is 0 Å². The Labute approximate surface area is 68.5 Å². The number of hydrogen-bond acceptors (Lipinski definition) is 2. The van der Waals surface area contributed by atoms with E-state index in [0.717, 1.165) is 5.56 Å². The van der Waals surface area contributed by atoms with Gasteiger partial charge in [-0.3, -0.25) is 5.10 Å². The summed E-state index contributed by atoms with van der Waals surface area (Å²) in [6.45, 7) is 1.88. The number of nitrogen functional groups attached to an aromatic ring is 1. The molecule has 1 aromatic rings. The molecule has 0 fully saturated rings. The maximum absolute atomic E-state index is 5.38. The molecule has 3 nitrogen and oxygen atoms in total. The van der Waals surface area contributed by atoms with Crippen molar-refractivity contribution < 1.29 is 21.1 Å². The number of nitrogens with two attached hydrogens (primary N) is 1. The van der Waals surface area contributed by atoms with Crippen molar-refractivity contribution in [2.24, 2.45) is 7.05 Å². The number of rotatable bonds is 0. The SMILES string of the molecule is Cc1[c-]n(C)nc1N.[W+2]. The van der Waals surface area contributed by atoms with E-state index in [1.165, 1.54) is 0 Å². The van der Waals surface area contributed by atoms with Gasteiger partial charge in [-0.15, -0.1) is 6.20 Å². The average molecular weight is 294 g/mol. The molecular formula is C5H8N3W+. The minimum absolute atomic E-state index is 0. The molecule has 0 aliphatic heterocycles. The Hall–Kier alpha value is -0.302. The van der Waals surface area contributed by atoms with Gasteiger partial charge in [-0.25, -0.2) is 0 Å². The van der Waals surface area contributed by atoms with Gasteiger partial charge >= 0.3 is 21.1 Å². The van der Waals surface area contributed by atoms with Gasteiger partial charge in [-0.2, -0.15) is 5.56 Å². The standard InChI is InChI=1S/C5H8N3.W/c1-4-3-8(2)7-5(4)6;/h1-2H3,(H2,6,7);/q-1;+2. The molecule has 0 aromatic carbocycles. The number of aryl methyl sites for hydroxylation is 2. The van der Waals surface area contributed by atoms with Gasteiger partial charge < -0.3 is 10.4 Å². The van der Waals surface area contributed by atoms with E-state index in [2.05, 4.69) is 11.3 Å². The van der Waals surface area contributed by atoms with E-state index in [0.29, 0.717) is 5.82 Å². The molecule has 0 aliphatic carbocycles. The molecule has 0 bridgehead atoms. The second-order valence-electron chi connectivity index (χ2n) is 1.75. The zero-order valence-corrected chi connectivity index (χ0v) is 8.31. The van der Waals surface area contributed by atoms with E-state index in [4.69, 9.17) is 5.73 Å². The fraction of sp³-hybridized carbons (Fsp3) is 0.400. The predicted octanol–water partition coefficient (Wildman–Crippen LogP) is 0.108. The Kier molecular flexibility index (Phi) is 2.92. The first-order chi connectivity index (χ1) is 3.70. The molecule has 0 aliphatic rings. The van der Waals surface area contributed by atoms with Crippen LogP contribution in [0.4, 0.5) is 5.82 Å². The van der Waals surface area contributed by atoms with Gasteiger partial charge in [0.2, 0.25) is 0 Å². The van der Waals surface area contributed by atoms with Crippen molar-refractivity contribution in [2.75, 3.05) is 5.73 Å². The molecule has 9 heavy (non-hydrogen) atoms. The minimum atomic E-state index is 0. The molecule has 1 aromatic heterocycles. The van der Waals surface area contributed by atoms with Crippen molar-refractivity contribution in [3.63, 3.8) is 0 Å². The van der Waals surface area contributed by atoms with Crippen molar-refractivity contribution in [1.29, 1.82) is 0 Å². The topological polar surface area (TPSA) is 43.8 Å². The molecular weight excluding hydrogens is 286 g/mol. The first-order valence-corrected chi connectivity index (χ1v) is 2.38. The molecule has 48 valence electrons. The van der Waals surface area contributed by atoms with Crippen LogP contribution in [0.25, 0.3) is 0 Å². The fourth-order valence-electron chi connectivity index (χ4n) is 0.562. The van der Waals surface area contributed by atoms with Crippen LogP contribution < -0.4 is 5.73 Å². The Morgan fingerprint density at radius 3 is 2.33 bits per heavy atom. The second kappa shape index (κ2) is 3.02. The van der Waals surface area contributed by atoms with Gasteiger partial charge in [-0.1, -0.05) is 6.92 Å². The third-order valence-corrected chi connectivity index (χ3v) is 0.971. The summed E-state index contributed by atoms with van der Waals surface area (Å²) in [5, 5.41) is 3.85. The summed E-state index contributed by atoms with van der Waals surface area (Å²) in [5.41, 5.74) is 6.29. The maximum Gasteiger partial charge on any atom is 2.00 e. The largest absolute Gasteiger partial charge is 2.00 e. The van der Waals surface area contributed by atoms with E-state index in [9.17, 15) is 0 Å². The summed E-state index contributed by atoms with van der Waals surface area (Å²) in [5.74, 6) is 0.563. The molecule has 0 saturated heterocycles. The number of aromatic nitrogens is 2. The van der Waals surface area contributed by atoms with E-state index >= 15 is 0 Å². The Morgan fingerprint density at radius 2 is 2.22 bits per heavy atom. The first-order valence-electron chi connectivity index (χ1n) is 2.38. The van der Waals surface area contributed by atoms with Crippen LogP contribution in [0.5, 0.6) is 0 Å². The third-order valence-electron chi connectivity index (χ3n) is 0.971. The van der Waals surface area contributed by atoms with Gasteiger partial charge in [0.25, 0.3) is 0 Å². The Morgan fingerprint density at radius 1 is 1.67 bits per heavy atom. The van der Waals surface area contributed by atoms with Crippen molar-refractivity contribution in [1.82, 2.24) is 9.78 Å². The van der Waals surface area contributed by atoms with Crippen molar-refractivity contribution in [3.8, 4) is 0 Å². The van der Waals surface area contributed by atoms with Crippen LogP contribution in [-0.4, -0.2) is 9.78 Å². The molecule has 0 saturated carbocycles. The predicted molar refractivity (Wildman–Crippen MR) is 31.2 cm³/mol. The fourth-order valence-corrected chi connectivity index (χ4v) is 0.562. The summed E-state index contributed by atoms with van der Waals surface area (Å²) in [6, 6.07) is 0. The summed E-state index contributed by atoms with van der Waals surface area (Å²) in [7, 11) is 1.80. The molecule has 0 radical (unpaired) electrons. The molecule has 4 heteroatoms. The summed E-state index contributed by atoms with van der Waals surface area (Å²) < 4.78 is 1.57. The van der Waals surface area contributed by atoms with Crippen molar-refractivity contribution >= 4 is 5.82 Å². The zero-order chi connectivity index (χ0) is 6.15. The summed E-state index contributed by atoms with van der Waals surface area (Å²) in [4.78, 5) is 0. The Balaban J connectivity index is 0.000000640. The van der Waals surface area contributed by atoms with E-state index in [1.807, 2.05) is 6.92 Å². The molecule has 1 rings (SSSR count). The van der Waals surface area contributed by atoms with Crippen LogP contribution in [0.1, 0.15) is 5.56 Å². The number of hydrogen-bond donors (Lipinski definition) is 1. The number of anilines is 1. The van der Waals surface area contributed by atoms with Crippen LogP contribution in [0.2, 0.25) is 0 Å². The van der Waals surface area contributed by atoms with Crippen molar-refractivity contribution in [3.05, 3.63) is 11.8 Å². The van der Waals surface area contributed by atoms with Crippen LogP contribution in [0, 0.1) is 13.1 Å². The van der Waals surface area contributed by atoms with Gasteiger partial charge in [0.15, 0.2) is 0 Å². The summed E-state index contributed by atoms with van der Waals surface area (Å²) >= 11 is 0.